The smallest absolute Gasteiger partial charge is 0.343 e. The summed E-state index contributed by atoms with van der Waals surface area (Å²) in [6.45, 7) is 5.44. The van der Waals surface area contributed by atoms with Gasteiger partial charge in [0.05, 0.1) is 12.2 Å². The highest BCUT2D eigenvalue weighted by Crippen LogP contribution is 2.26. The van der Waals surface area contributed by atoms with Gasteiger partial charge in [-0.15, -0.1) is 0 Å². The molecule has 0 atom stereocenters. The summed E-state index contributed by atoms with van der Waals surface area (Å²) < 4.78 is 5.24. The number of ether oxygens (including phenoxy) is 1. The Balaban J connectivity index is 2.36. The third-order valence-corrected chi connectivity index (χ3v) is 3.61. The van der Waals surface area contributed by atoms with Crippen molar-refractivity contribution in [2.75, 3.05) is 0 Å². The van der Waals surface area contributed by atoms with Crippen LogP contribution in [0.5, 0.6) is 0 Å². The van der Waals surface area contributed by atoms with Crippen molar-refractivity contribution in [2.45, 2.75) is 27.4 Å². The lowest BCUT2D eigenvalue weighted by atomic mass is 9.96. The fourth-order valence-corrected chi connectivity index (χ4v) is 2.26. The Morgan fingerprint density at radius 3 is 2.59 bits per heavy atom. The average molecular weight is 296 g/mol. The number of carbonyl (C=O) groups is 1. The van der Waals surface area contributed by atoms with E-state index in [9.17, 15) is 9.90 Å². The molecule has 0 saturated heterocycles. The van der Waals surface area contributed by atoms with E-state index in [-0.39, 0.29) is 12.6 Å². The molecular formula is C19H20O3. The molecule has 22 heavy (non-hydrogen) atoms. The Labute approximate surface area is 130 Å². The summed E-state index contributed by atoms with van der Waals surface area (Å²) in [6, 6.07) is 13.3. The largest absolute Gasteiger partial charge is 0.428 e. The van der Waals surface area contributed by atoms with E-state index in [1.165, 1.54) is 0 Å². The van der Waals surface area contributed by atoms with Crippen molar-refractivity contribution < 1.29 is 14.6 Å². The summed E-state index contributed by atoms with van der Waals surface area (Å²) >= 11 is 0. The molecule has 0 radical (unpaired) electrons. The summed E-state index contributed by atoms with van der Waals surface area (Å²) in [5.74, 6) is 0.231. The molecule has 0 fully saturated rings. The number of aliphatic hydroxyl groups excluding tert-OH is 1. The molecule has 0 bridgehead atoms. The van der Waals surface area contributed by atoms with Gasteiger partial charge in [0.1, 0.15) is 5.76 Å². The van der Waals surface area contributed by atoms with E-state index in [1.807, 2.05) is 50.2 Å². The lowest BCUT2D eigenvalue weighted by molar-refractivity contribution is 0.0624. The maximum absolute atomic E-state index is 12.1. The Hall–Kier alpha value is -2.39. The van der Waals surface area contributed by atoms with Crippen LogP contribution in [0.1, 0.15) is 35.3 Å². The quantitative estimate of drug-likeness (QED) is 0.678. The minimum atomic E-state index is -0.352. The number of allylic oxidation sites excluding steroid dienone is 2. The van der Waals surface area contributed by atoms with Gasteiger partial charge in [-0.1, -0.05) is 36.4 Å². The topological polar surface area (TPSA) is 46.5 Å². The first-order chi connectivity index (χ1) is 10.6. The normalized spacial score (nSPS) is 11.4. The third-order valence-electron chi connectivity index (χ3n) is 3.61. The van der Waals surface area contributed by atoms with Crippen molar-refractivity contribution >= 4 is 5.97 Å². The van der Waals surface area contributed by atoms with Gasteiger partial charge in [-0.05, 0) is 55.2 Å². The van der Waals surface area contributed by atoms with Crippen LogP contribution >= 0.6 is 0 Å². The van der Waals surface area contributed by atoms with Crippen LogP contribution in [0.3, 0.4) is 0 Å². The number of hydrogen-bond acceptors (Lipinski definition) is 3. The summed E-state index contributed by atoms with van der Waals surface area (Å²) in [5, 5.41) is 9.44. The van der Waals surface area contributed by atoms with Gasteiger partial charge in [-0.2, -0.15) is 0 Å². The van der Waals surface area contributed by atoms with Gasteiger partial charge in [0.15, 0.2) is 0 Å². The lowest BCUT2D eigenvalue weighted by Gasteiger charge is -2.11. The molecule has 0 aliphatic carbocycles. The number of hydrogen-bond donors (Lipinski definition) is 1. The first kappa shape index (κ1) is 16.0. The van der Waals surface area contributed by atoms with Gasteiger partial charge in [0.2, 0.25) is 0 Å². The highest BCUT2D eigenvalue weighted by Gasteiger charge is 2.13. The molecule has 0 aromatic heterocycles. The van der Waals surface area contributed by atoms with E-state index in [4.69, 9.17) is 4.74 Å². The molecule has 0 unspecified atom stereocenters. The zero-order chi connectivity index (χ0) is 16.1. The molecule has 0 heterocycles. The summed E-state index contributed by atoms with van der Waals surface area (Å²) in [6.07, 6.45) is 1.75. The van der Waals surface area contributed by atoms with Crippen molar-refractivity contribution in [2.24, 2.45) is 0 Å². The van der Waals surface area contributed by atoms with E-state index in [1.54, 1.807) is 19.1 Å². The maximum Gasteiger partial charge on any atom is 0.343 e. The van der Waals surface area contributed by atoms with Gasteiger partial charge in [0.25, 0.3) is 0 Å². The van der Waals surface area contributed by atoms with Crippen molar-refractivity contribution in [1.29, 1.82) is 0 Å². The molecule has 114 valence electrons. The number of aryl methyl sites for hydroxylation is 1. The second-order valence-corrected chi connectivity index (χ2v) is 5.13. The molecule has 3 heteroatoms. The van der Waals surface area contributed by atoms with Crippen LogP contribution in [0.2, 0.25) is 0 Å². The molecule has 1 N–H and O–H groups in total. The predicted molar refractivity (Wildman–Crippen MR) is 87.4 cm³/mol. The molecule has 2 rings (SSSR count). The maximum atomic E-state index is 12.1. The van der Waals surface area contributed by atoms with E-state index < -0.39 is 0 Å². The highest BCUT2D eigenvalue weighted by molar-refractivity contribution is 5.92. The average Bonchev–Trinajstić information content (AvgIpc) is 2.54. The minimum absolute atomic E-state index is 0.0144. The van der Waals surface area contributed by atoms with Gasteiger partial charge >= 0.3 is 5.97 Å². The molecule has 2 aromatic carbocycles. The SMILES string of the molecule is C/C=C(/C)OC(=O)c1ccc(-c2ccccc2CO)cc1C. The summed E-state index contributed by atoms with van der Waals surface area (Å²) in [7, 11) is 0. The number of carbonyl (C=O) groups excluding carboxylic acids is 1. The second-order valence-electron chi connectivity index (χ2n) is 5.13. The van der Waals surface area contributed by atoms with Crippen molar-refractivity contribution in [3.05, 3.63) is 71.0 Å². The Morgan fingerprint density at radius 2 is 1.95 bits per heavy atom. The predicted octanol–water partition coefficient (Wildman–Crippen LogP) is 4.23. The van der Waals surface area contributed by atoms with Crippen LogP contribution < -0.4 is 0 Å². The Bertz CT molecular complexity index is 714. The summed E-state index contributed by atoms with van der Waals surface area (Å²) in [5.41, 5.74) is 4.20. The standard InChI is InChI=1S/C19H20O3/c1-4-14(3)22-19(21)17-10-9-15(11-13(17)2)18-8-6-5-7-16(18)12-20/h4-11,20H,12H2,1-3H3/b14-4-. The Kier molecular flexibility index (Phi) is 5.12. The van der Waals surface area contributed by atoms with E-state index in [2.05, 4.69) is 0 Å². The van der Waals surface area contributed by atoms with Crippen LogP contribution in [0.15, 0.2) is 54.3 Å². The molecule has 0 spiro atoms. The number of esters is 1. The third kappa shape index (κ3) is 3.43. The van der Waals surface area contributed by atoms with Gasteiger partial charge in [0, 0.05) is 0 Å². The molecule has 0 amide bonds. The number of benzene rings is 2. The number of rotatable bonds is 4. The fraction of sp³-hybridized carbons (Fsp3) is 0.211. The Morgan fingerprint density at radius 1 is 1.23 bits per heavy atom. The van der Waals surface area contributed by atoms with Crippen molar-refractivity contribution in [3.63, 3.8) is 0 Å². The first-order valence-corrected chi connectivity index (χ1v) is 7.21. The van der Waals surface area contributed by atoms with Gasteiger partial charge in [-0.3, -0.25) is 0 Å². The van der Waals surface area contributed by atoms with Gasteiger partial charge < -0.3 is 9.84 Å². The minimum Gasteiger partial charge on any atom is -0.428 e. The van der Waals surface area contributed by atoms with Crippen molar-refractivity contribution in [3.8, 4) is 11.1 Å². The fourth-order valence-electron chi connectivity index (χ4n) is 2.26. The monoisotopic (exact) mass is 296 g/mol. The molecular weight excluding hydrogens is 276 g/mol. The van der Waals surface area contributed by atoms with Crippen molar-refractivity contribution in [1.82, 2.24) is 0 Å². The number of aliphatic hydroxyl groups is 1. The lowest BCUT2D eigenvalue weighted by Crippen LogP contribution is -2.06. The van der Waals surface area contributed by atoms with Gasteiger partial charge in [-0.25, -0.2) is 4.79 Å². The molecule has 3 nitrogen and oxygen atoms in total. The summed E-state index contributed by atoms with van der Waals surface area (Å²) in [4.78, 5) is 12.1. The van der Waals surface area contributed by atoms with E-state index >= 15 is 0 Å². The zero-order valence-electron chi connectivity index (χ0n) is 13.1. The molecule has 0 aliphatic rings. The second kappa shape index (κ2) is 7.05. The van der Waals surface area contributed by atoms with Crippen LogP contribution in [-0.4, -0.2) is 11.1 Å². The van der Waals surface area contributed by atoms with E-state index in [0.29, 0.717) is 11.3 Å². The zero-order valence-corrected chi connectivity index (χ0v) is 13.1. The van der Waals surface area contributed by atoms with Crippen LogP contribution in [0.4, 0.5) is 0 Å². The first-order valence-electron chi connectivity index (χ1n) is 7.21. The molecule has 0 saturated carbocycles. The highest BCUT2D eigenvalue weighted by atomic mass is 16.5. The van der Waals surface area contributed by atoms with E-state index in [0.717, 1.165) is 22.3 Å². The van der Waals surface area contributed by atoms with Crippen LogP contribution in [-0.2, 0) is 11.3 Å². The molecule has 0 aliphatic heterocycles. The van der Waals surface area contributed by atoms with Crippen LogP contribution in [0.25, 0.3) is 11.1 Å². The molecule has 2 aromatic rings. The van der Waals surface area contributed by atoms with Crippen LogP contribution in [0, 0.1) is 6.92 Å².